The molecule has 0 aliphatic rings. The Morgan fingerprint density at radius 2 is 1.90 bits per heavy atom. The summed E-state index contributed by atoms with van der Waals surface area (Å²) in [4.78, 5) is 10.7. The van der Waals surface area contributed by atoms with Gasteiger partial charge in [0, 0.05) is 17.2 Å². The minimum atomic E-state index is 0.290. The van der Waals surface area contributed by atoms with Crippen molar-refractivity contribution in [2.75, 3.05) is 0 Å². The molecule has 0 unspecified atom stereocenters. The van der Waals surface area contributed by atoms with E-state index in [0.29, 0.717) is 29.4 Å². The van der Waals surface area contributed by atoms with Crippen molar-refractivity contribution in [1.82, 2.24) is 5.16 Å². The van der Waals surface area contributed by atoms with Crippen LogP contribution in [0.5, 0.6) is 5.75 Å². The molecule has 0 amide bonds. The fourth-order valence-electron chi connectivity index (χ4n) is 1.95. The number of rotatable bonds is 5. The van der Waals surface area contributed by atoms with Crippen LogP contribution in [0.1, 0.15) is 16.1 Å². The number of hydrogen-bond acceptors (Lipinski definition) is 4. The quantitative estimate of drug-likeness (QED) is 0.668. The average molecular weight is 279 g/mol. The highest BCUT2D eigenvalue weighted by molar-refractivity contribution is 5.75. The molecule has 0 saturated carbocycles. The van der Waals surface area contributed by atoms with Gasteiger partial charge in [-0.05, 0) is 12.1 Å². The first-order chi connectivity index (χ1) is 10.3. The summed E-state index contributed by atoms with van der Waals surface area (Å²) in [6.07, 6.45) is 0.788. The van der Waals surface area contributed by atoms with E-state index in [1.54, 1.807) is 24.3 Å². The predicted molar refractivity (Wildman–Crippen MR) is 78.1 cm³/mol. The summed E-state index contributed by atoms with van der Waals surface area (Å²) in [5, 5.41) is 3.98. The highest BCUT2D eigenvalue weighted by atomic mass is 16.5. The van der Waals surface area contributed by atoms with E-state index in [1.165, 1.54) is 0 Å². The minimum absolute atomic E-state index is 0.290. The van der Waals surface area contributed by atoms with Gasteiger partial charge in [-0.2, -0.15) is 0 Å². The number of aldehydes is 1. The number of carbonyl (C=O) groups is 1. The molecule has 4 nitrogen and oxygen atoms in total. The van der Waals surface area contributed by atoms with Crippen molar-refractivity contribution in [2.24, 2.45) is 0 Å². The van der Waals surface area contributed by atoms with E-state index in [1.807, 2.05) is 36.4 Å². The topological polar surface area (TPSA) is 52.3 Å². The zero-order chi connectivity index (χ0) is 14.5. The highest BCUT2D eigenvalue weighted by Crippen LogP contribution is 2.21. The van der Waals surface area contributed by atoms with Gasteiger partial charge in [0.15, 0.2) is 5.76 Å². The summed E-state index contributed by atoms with van der Waals surface area (Å²) >= 11 is 0. The first kappa shape index (κ1) is 13.1. The molecule has 104 valence electrons. The smallest absolute Gasteiger partial charge is 0.167 e. The first-order valence-electron chi connectivity index (χ1n) is 6.54. The number of hydrogen-bond donors (Lipinski definition) is 0. The lowest BCUT2D eigenvalue weighted by Crippen LogP contribution is -1.95. The first-order valence-corrected chi connectivity index (χ1v) is 6.54. The molecule has 21 heavy (non-hydrogen) atoms. The predicted octanol–water partition coefficient (Wildman–Crippen LogP) is 3.73. The van der Waals surface area contributed by atoms with Crippen LogP contribution in [0, 0.1) is 0 Å². The monoisotopic (exact) mass is 279 g/mol. The van der Waals surface area contributed by atoms with Gasteiger partial charge in [-0.25, -0.2) is 0 Å². The van der Waals surface area contributed by atoms with Crippen molar-refractivity contribution >= 4 is 6.29 Å². The van der Waals surface area contributed by atoms with Gasteiger partial charge in [0.25, 0.3) is 0 Å². The number of nitrogens with zero attached hydrogens (tertiary/aromatic N) is 1. The Balaban J connectivity index is 1.69. The summed E-state index contributed by atoms with van der Waals surface area (Å²) in [6.45, 7) is 0.290. The van der Waals surface area contributed by atoms with Gasteiger partial charge < -0.3 is 9.26 Å². The molecule has 0 saturated heterocycles. The molecule has 0 radical (unpaired) electrons. The van der Waals surface area contributed by atoms with Crippen LogP contribution < -0.4 is 4.74 Å². The van der Waals surface area contributed by atoms with Crippen molar-refractivity contribution in [3.63, 3.8) is 0 Å². The van der Waals surface area contributed by atoms with Gasteiger partial charge in [0.2, 0.25) is 0 Å². The molecule has 1 aromatic heterocycles. The largest absolute Gasteiger partial charge is 0.487 e. The lowest BCUT2D eigenvalue weighted by atomic mass is 10.2. The van der Waals surface area contributed by atoms with E-state index in [9.17, 15) is 4.79 Å². The molecule has 0 bridgehead atoms. The third kappa shape index (κ3) is 3.17. The summed E-state index contributed by atoms with van der Waals surface area (Å²) in [5.74, 6) is 1.33. The normalized spacial score (nSPS) is 10.3. The Labute approximate surface area is 122 Å². The molecular formula is C17H13NO3. The number of benzene rings is 2. The number of ether oxygens (including phenoxy) is 1. The van der Waals surface area contributed by atoms with Crippen molar-refractivity contribution in [3.8, 4) is 17.1 Å². The molecule has 2 aromatic carbocycles. The molecule has 0 aliphatic carbocycles. The Morgan fingerprint density at radius 1 is 1.05 bits per heavy atom. The fraction of sp³-hybridized carbons (Fsp3) is 0.0588. The van der Waals surface area contributed by atoms with Crippen LogP contribution >= 0.6 is 0 Å². The Kier molecular flexibility index (Phi) is 3.78. The summed E-state index contributed by atoms with van der Waals surface area (Å²) in [6, 6.07) is 18.6. The van der Waals surface area contributed by atoms with Gasteiger partial charge in [-0.3, -0.25) is 4.79 Å². The third-order valence-corrected chi connectivity index (χ3v) is 3.00. The van der Waals surface area contributed by atoms with Crippen LogP contribution in [0.3, 0.4) is 0 Å². The van der Waals surface area contributed by atoms with E-state index < -0.39 is 0 Å². The van der Waals surface area contributed by atoms with Crippen LogP contribution in [0.15, 0.2) is 65.2 Å². The van der Waals surface area contributed by atoms with Crippen LogP contribution in [-0.4, -0.2) is 11.4 Å². The molecule has 0 spiro atoms. The van der Waals surface area contributed by atoms with Crippen molar-refractivity contribution in [2.45, 2.75) is 6.61 Å². The molecule has 0 fully saturated rings. The molecule has 4 heteroatoms. The van der Waals surface area contributed by atoms with Crippen molar-refractivity contribution in [3.05, 3.63) is 71.9 Å². The lowest BCUT2D eigenvalue weighted by molar-refractivity contribution is 0.112. The van der Waals surface area contributed by atoms with Gasteiger partial charge in [-0.1, -0.05) is 47.6 Å². The molecule has 1 heterocycles. The summed E-state index contributed by atoms with van der Waals surface area (Å²) in [5.41, 5.74) is 2.25. The minimum Gasteiger partial charge on any atom is -0.487 e. The van der Waals surface area contributed by atoms with E-state index in [4.69, 9.17) is 9.26 Å². The molecule has 3 rings (SSSR count). The standard InChI is InChI=1S/C17H13NO3/c19-11-13-5-4-8-16(9-13)20-12-15-10-17(21-18-15)14-6-2-1-3-7-14/h1-11H,12H2. The van der Waals surface area contributed by atoms with Crippen LogP contribution in [0.2, 0.25) is 0 Å². The zero-order valence-electron chi connectivity index (χ0n) is 11.2. The van der Waals surface area contributed by atoms with E-state index >= 15 is 0 Å². The van der Waals surface area contributed by atoms with Crippen LogP contribution in [-0.2, 0) is 6.61 Å². The van der Waals surface area contributed by atoms with E-state index in [0.717, 1.165) is 11.8 Å². The maximum atomic E-state index is 10.7. The maximum absolute atomic E-state index is 10.7. The summed E-state index contributed by atoms with van der Waals surface area (Å²) < 4.78 is 10.9. The van der Waals surface area contributed by atoms with Gasteiger partial charge >= 0.3 is 0 Å². The Morgan fingerprint density at radius 3 is 2.71 bits per heavy atom. The molecule has 0 aliphatic heterocycles. The summed E-state index contributed by atoms with van der Waals surface area (Å²) in [7, 11) is 0. The second kappa shape index (κ2) is 6.05. The van der Waals surface area contributed by atoms with Gasteiger partial charge in [0.1, 0.15) is 24.3 Å². The Hall–Kier alpha value is -2.88. The third-order valence-electron chi connectivity index (χ3n) is 3.00. The molecule has 0 N–H and O–H groups in total. The maximum Gasteiger partial charge on any atom is 0.167 e. The SMILES string of the molecule is O=Cc1cccc(OCc2cc(-c3ccccc3)on2)c1. The number of carbonyl (C=O) groups excluding carboxylic acids is 1. The Bertz CT molecular complexity index is 735. The van der Waals surface area contributed by atoms with Crippen LogP contribution in [0.4, 0.5) is 0 Å². The van der Waals surface area contributed by atoms with Crippen molar-refractivity contribution < 1.29 is 14.1 Å². The second-order valence-electron chi connectivity index (χ2n) is 4.53. The zero-order valence-corrected chi connectivity index (χ0v) is 11.2. The van der Waals surface area contributed by atoms with Gasteiger partial charge in [0.05, 0.1) is 0 Å². The van der Waals surface area contributed by atoms with Gasteiger partial charge in [-0.15, -0.1) is 0 Å². The fourth-order valence-corrected chi connectivity index (χ4v) is 1.95. The highest BCUT2D eigenvalue weighted by Gasteiger charge is 2.07. The van der Waals surface area contributed by atoms with E-state index in [2.05, 4.69) is 5.16 Å². The van der Waals surface area contributed by atoms with E-state index in [-0.39, 0.29) is 0 Å². The average Bonchev–Trinajstić information content (AvgIpc) is 3.03. The van der Waals surface area contributed by atoms with Crippen LogP contribution in [0.25, 0.3) is 11.3 Å². The molecule has 0 atom stereocenters. The molecular weight excluding hydrogens is 266 g/mol. The number of aromatic nitrogens is 1. The lowest BCUT2D eigenvalue weighted by Gasteiger charge is -2.03. The molecule has 3 aromatic rings. The second-order valence-corrected chi connectivity index (χ2v) is 4.53. The van der Waals surface area contributed by atoms with Crippen molar-refractivity contribution in [1.29, 1.82) is 0 Å².